The highest BCUT2D eigenvalue weighted by Crippen LogP contribution is 2.25. The summed E-state index contributed by atoms with van der Waals surface area (Å²) in [6.45, 7) is 3.42. The van der Waals surface area contributed by atoms with Gasteiger partial charge in [-0.1, -0.05) is 35.5 Å². The highest BCUT2D eigenvalue weighted by atomic mass is 16.5. The van der Waals surface area contributed by atoms with Gasteiger partial charge in [-0.2, -0.15) is 4.98 Å². The average molecular weight is 405 g/mol. The molecule has 3 aromatic heterocycles. The molecule has 154 valence electrons. The largest absolute Gasteiger partial charge is 0.351 e. The van der Waals surface area contributed by atoms with Crippen molar-refractivity contribution in [2.75, 3.05) is 13.1 Å². The van der Waals surface area contributed by atoms with Gasteiger partial charge in [-0.25, -0.2) is 4.68 Å². The van der Waals surface area contributed by atoms with Gasteiger partial charge in [0.25, 0.3) is 11.8 Å². The SMILES string of the molecule is CCCc1noc(-c2cn(C3CCN(C(=O)c4cc5ccccc5[nH]4)CC3)nn2)n1. The number of nitrogens with one attached hydrogen (secondary N) is 1. The van der Waals surface area contributed by atoms with Gasteiger partial charge >= 0.3 is 0 Å². The molecule has 9 heteroatoms. The van der Waals surface area contributed by atoms with Crippen LogP contribution in [0.2, 0.25) is 0 Å². The van der Waals surface area contributed by atoms with Crippen LogP contribution in [-0.2, 0) is 6.42 Å². The number of aryl methyl sites for hydroxylation is 1. The Labute approximate surface area is 173 Å². The number of amides is 1. The summed E-state index contributed by atoms with van der Waals surface area (Å²) in [7, 11) is 0. The lowest BCUT2D eigenvalue weighted by Crippen LogP contribution is -2.39. The molecule has 4 aromatic rings. The van der Waals surface area contributed by atoms with Crippen molar-refractivity contribution in [1.29, 1.82) is 0 Å². The zero-order valence-corrected chi connectivity index (χ0v) is 16.8. The van der Waals surface area contributed by atoms with Crippen LogP contribution in [0.1, 0.15) is 48.5 Å². The number of nitrogens with zero attached hydrogens (tertiary/aromatic N) is 6. The number of aromatic amines is 1. The molecule has 4 heterocycles. The molecule has 1 fully saturated rings. The van der Waals surface area contributed by atoms with Crippen molar-refractivity contribution < 1.29 is 9.32 Å². The lowest BCUT2D eigenvalue weighted by molar-refractivity contribution is 0.0684. The Morgan fingerprint density at radius 1 is 1.27 bits per heavy atom. The van der Waals surface area contributed by atoms with Gasteiger partial charge < -0.3 is 14.4 Å². The van der Waals surface area contributed by atoms with E-state index < -0.39 is 0 Å². The Kier molecular flexibility index (Phi) is 4.78. The summed E-state index contributed by atoms with van der Waals surface area (Å²) in [5.74, 6) is 1.13. The van der Waals surface area contributed by atoms with Crippen LogP contribution in [0.4, 0.5) is 0 Å². The number of H-pyrrole nitrogens is 1. The van der Waals surface area contributed by atoms with E-state index in [4.69, 9.17) is 4.52 Å². The third-order valence-electron chi connectivity index (χ3n) is 5.56. The quantitative estimate of drug-likeness (QED) is 0.546. The van der Waals surface area contributed by atoms with Crippen LogP contribution in [0.5, 0.6) is 0 Å². The molecule has 30 heavy (non-hydrogen) atoms. The Hall–Kier alpha value is -3.49. The van der Waals surface area contributed by atoms with E-state index in [1.807, 2.05) is 46.1 Å². The summed E-state index contributed by atoms with van der Waals surface area (Å²) in [4.78, 5) is 22.4. The molecule has 1 amide bonds. The van der Waals surface area contributed by atoms with Gasteiger partial charge in [0.1, 0.15) is 5.69 Å². The molecule has 1 N–H and O–H groups in total. The average Bonchev–Trinajstić information content (AvgIpc) is 3.52. The predicted molar refractivity (Wildman–Crippen MR) is 110 cm³/mol. The minimum absolute atomic E-state index is 0.0400. The van der Waals surface area contributed by atoms with Crippen LogP contribution in [0.25, 0.3) is 22.5 Å². The topological polar surface area (TPSA) is 106 Å². The molecule has 9 nitrogen and oxygen atoms in total. The maximum absolute atomic E-state index is 12.9. The lowest BCUT2D eigenvalue weighted by Gasteiger charge is -2.31. The van der Waals surface area contributed by atoms with Crippen LogP contribution < -0.4 is 0 Å². The van der Waals surface area contributed by atoms with Crippen LogP contribution in [-0.4, -0.2) is 54.0 Å². The summed E-state index contributed by atoms with van der Waals surface area (Å²) >= 11 is 0. The minimum atomic E-state index is 0.0400. The molecular formula is C21H23N7O2. The molecule has 0 saturated carbocycles. The predicted octanol–water partition coefficient (Wildman–Crippen LogP) is 3.24. The van der Waals surface area contributed by atoms with E-state index >= 15 is 0 Å². The van der Waals surface area contributed by atoms with Gasteiger partial charge in [0.05, 0.1) is 12.2 Å². The Morgan fingerprint density at radius 3 is 2.90 bits per heavy atom. The zero-order chi connectivity index (χ0) is 20.5. The third-order valence-corrected chi connectivity index (χ3v) is 5.56. The number of piperidine rings is 1. The van der Waals surface area contributed by atoms with E-state index in [0.717, 1.165) is 36.6 Å². The number of benzene rings is 1. The fourth-order valence-corrected chi connectivity index (χ4v) is 3.93. The van der Waals surface area contributed by atoms with Crippen molar-refractivity contribution in [2.45, 2.75) is 38.6 Å². The number of carbonyl (C=O) groups is 1. The highest BCUT2D eigenvalue weighted by Gasteiger charge is 2.26. The molecular weight excluding hydrogens is 382 g/mol. The fourth-order valence-electron chi connectivity index (χ4n) is 3.93. The van der Waals surface area contributed by atoms with Crippen LogP contribution in [0, 0.1) is 0 Å². The minimum Gasteiger partial charge on any atom is -0.351 e. The van der Waals surface area contributed by atoms with E-state index in [0.29, 0.717) is 36.2 Å². The number of likely N-dealkylation sites (tertiary alicyclic amines) is 1. The van der Waals surface area contributed by atoms with Crippen LogP contribution >= 0.6 is 0 Å². The van der Waals surface area contributed by atoms with E-state index in [2.05, 4.69) is 32.4 Å². The fraction of sp³-hybridized carbons (Fsp3) is 0.381. The van der Waals surface area contributed by atoms with E-state index in [-0.39, 0.29) is 11.9 Å². The van der Waals surface area contributed by atoms with Crippen molar-refractivity contribution in [3.63, 3.8) is 0 Å². The Morgan fingerprint density at radius 2 is 2.10 bits per heavy atom. The molecule has 0 spiro atoms. The normalized spacial score (nSPS) is 15.2. The summed E-state index contributed by atoms with van der Waals surface area (Å²) in [5, 5.41) is 13.5. The van der Waals surface area contributed by atoms with Crippen molar-refractivity contribution in [3.05, 3.63) is 48.0 Å². The zero-order valence-electron chi connectivity index (χ0n) is 16.8. The van der Waals surface area contributed by atoms with Crippen LogP contribution in [0.15, 0.2) is 41.1 Å². The number of carbonyl (C=O) groups excluding carboxylic acids is 1. The van der Waals surface area contributed by atoms with Crippen molar-refractivity contribution in [3.8, 4) is 11.6 Å². The molecule has 0 bridgehead atoms. The number of fused-ring (bicyclic) bond motifs is 1. The standard InChI is InChI=1S/C21H23N7O2/c1-2-5-19-23-20(30-25-19)18-13-28(26-24-18)15-8-10-27(11-9-15)21(29)17-12-14-6-3-4-7-16(14)22-17/h3-4,6-7,12-13,15,22H,2,5,8-11H2,1H3. The highest BCUT2D eigenvalue weighted by molar-refractivity contribution is 5.98. The van der Waals surface area contributed by atoms with Gasteiger partial charge in [0, 0.05) is 30.4 Å². The van der Waals surface area contributed by atoms with Gasteiger partial charge in [-0.3, -0.25) is 4.79 Å². The smallest absolute Gasteiger partial charge is 0.280 e. The second kappa shape index (κ2) is 7.74. The molecule has 0 radical (unpaired) electrons. The molecule has 5 rings (SSSR count). The molecule has 0 aliphatic carbocycles. The lowest BCUT2D eigenvalue weighted by atomic mass is 10.0. The number of aromatic nitrogens is 6. The summed E-state index contributed by atoms with van der Waals surface area (Å²) in [6, 6.07) is 10.0. The first-order valence-electron chi connectivity index (χ1n) is 10.3. The third kappa shape index (κ3) is 3.47. The van der Waals surface area contributed by atoms with Crippen molar-refractivity contribution in [2.24, 2.45) is 0 Å². The van der Waals surface area contributed by atoms with Gasteiger partial charge in [0.15, 0.2) is 11.5 Å². The van der Waals surface area contributed by atoms with Gasteiger partial charge in [-0.05, 0) is 31.4 Å². The molecule has 0 unspecified atom stereocenters. The first-order valence-corrected chi connectivity index (χ1v) is 10.3. The Balaban J connectivity index is 1.23. The van der Waals surface area contributed by atoms with E-state index in [9.17, 15) is 4.79 Å². The first-order chi connectivity index (χ1) is 14.7. The summed E-state index contributed by atoms with van der Waals surface area (Å²) in [5.41, 5.74) is 2.20. The summed E-state index contributed by atoms with van der Waals surface area (Å²) in [6.07, 6.45) is 5.23. The maximum Gasteiger partial charge on any atom is 0.280 e. The van der Waals surface area contributed by atoms with Crippen molar-refractivity contribution >= 4 is 16.8 Å². The second-order valence-electron chi connectivity index (χ2n) is 7.64. The van der Waals surface area contributed by atoms with E-state index in [1.54, 1.807) is 0 Å². The van der Waals surface area contributed by atoms with Crippen LogP contribution in [0.3, 0.4) is 0 Å². The first kappa shape index (κ1) is 18.5. The molecule has 1 aromatic carbocycles. The number of para-hydroxylation sites is 1. The summed E-state index contributed by atoms with van der Waals surface area (Å²) < 4.78 is 7.14. The molecule has 1 aliphatic heterocycles. The number of hydrogen-bond donors (Lipinski definition) is 1. The van der Waals surface area contributed by atoms with E-state index in [1.165, 1.54) is 0 Å². The molecule has 1 saturated heterocycles. The number of rotatable bonds is 5. The van der Waals surface area contributed by atoms with Gasteiger partial charge in [-0.15, -0.1) is 5.10 Å². The number of hydrogen-bond acceptors (Lipinski definition) is 6. The Bertz CT molecular complexity index is 1130. The van der Waals surface area contributed by atoms with Crippen molar-refractivity contribution in [1.82, 2.24) is 35.0 Å². The molecule has 1 aliphatic rings. The van der Waals surface area contributed by atoms with Gasteiger partial charge in [0.2, 0.25) is 0 Å². The monoisotopic (exact) mass is 405 g/mol. The second-order valence-corrected chi connectivity index (χ2v) is 7.64. The maximum atomic E-state index is 12.9. The molecule has 0 atom stereocenters.